The van der Waals surface area contributed by atoms with E-state index in [2.05, 4.69) is 42.4 Å². The van der Waals surface area contributed by atoms with E-state index in [0.29, 0.717) is 6.54 Å². The van der Waals surface area contributed by atoms with Gasteiger partial charge in [-0.05, 0) is 67.6 Å². The van der Waals surface area contributed by atoms with Gasteiger partial charge in [0.2, 0.25) is 5.91 Å². The summed E-state index contributed by atoms with van der Waals surface area (Å²) in [6.45, 7) is 4.53. The topological polar surface area (TPSA) is 49.4 Å². The van der Waals surface area contributed by atoms with Gasteiger partial charge in [0.25, 0.3) is 0 Å². The molecule has 4 nitrogen and oxygen atoms in total. The molecule has 0 aliphatic heterocycles. The summed E-state index contributed by atoms with van der Waals surface area (Å²) in [6.07, 6.45) is 5.09. The lowest BCUT2D eigenvalue weighted by atomic mass is 9.89. The van der Waals surface area contributed by atoms with E-state index >= 15 is 0 Å². The highest BCUT2D eigenvalue weighted by molar-refractivity contribution is 5.98. The number of hydrogen-bond acceptors (Lipinski definition) is 3. The molecule has 1 N–H and O–H groups in total. The van der Waals surface area contributed by atoms with Crippen LogP contribution in [0.25, 0.3) is 0 Å². The second-order valence-corrected chi connectivity index (χ2v) is 8.04. The van der Waals surface area contributed by atoms with Crippen molar-refractivity contribution in [3.05, 3.63) is 70.3 Å². The number of fused-ring (bicyclic) bond motifs is 1. The van der Waals surface area contributed by atoms with E-state index in [1.807, 2.05) is 24.3 Å². The minimum atomic E-state index is -0.0765. The van der Waals surface area contributed by atoms with E-state index in [9.17, 15) is 9.59 Å². The molecule has 0 heterocycles. The Morgan fingerprint density at radius 3 is 2.52 bits per heavy atom. The van der Waals surface area contributed by atoms with Crippen LogP contribution < -0.4 is 5.32 Å². The van der Waals surface area contributed by atoms with Crippen LogP contribution in [0.2, 0.25) is 0 Å². The molecule has 0 aromatic heterocycles. The average molecular weight is 393 g/mol. The lowest BCUT2D eigenvalue weighted by molar-refractivity contribution is -0.121. The summed E-state index contributed by atoms with van der Waals surface area (Å²) in [5.74, 6) is -0.0227. The molecule has 0 unspecified atom stereocenters. The highest BCUT2D eigenvalue weighted by atomic mass is 16.2. The van der Waals surface area contributed by atoms with Gasteiger partial charge in [-0.15, -0.1) is 0 Å². The van der Waals surface area contributed by atoms with Crippen LogP contribution in [0, 0.1) is 0 Å². The summed E-state index contributed by atoms with van der Waals surface area (Å²) in [6, 6.07) is 14.3. The zero-order valence-corrected chi connectivity index (χ0v) is 17.7. The number of amides is 1. The zero-order valence-electron chi connectivity index (χ0n) is 17.7. The van der Waals surface area contributed by atoms with E-state index in [0.717, 1.165) is 37.1 Å². The summed E-state index contributed by atoms with van der Waals surface area (Å²) >= 11 is 0. The van der Waals surface area contributed by atoms with Crippen LogP contribution in [-0.2, 0) is 30.7 Å². The van der Waals surface area contributed by atoms with Crippen molar-refractivity contribution in [2.75, 3.05) is 13.6 Å². The molecule has 154 valence electrons. The van der Waals surface area contributed by atoms with Crippen LogP contribution in [0.15, 0.2) is 42.5 Å². The van der Waals surface area contributed by atoms with Gasteiger partial charge in [0.1, 0.15) is 0 Å². The largest absolute Gasteiger partial charge is 0.352 e. The first kappa shape index (κ1) is 21.3. The van der Waals surface area contributed by atoms with Crippen molar-refractivity contribution in [2.24, 2.45) is 0 Å². The fourth-order valence-corrected chi connectivity index (χ4v) is 3.83. The van der Waals surface area contributed by atoms with Gasteiger partial charge < -0.3 is 10.2 Å². The summed E-state index contributed by atoms with van der Waals surface area (Å²) in [5, 5.41) is 2.95. The molecule has 4 heteroatoms. The standard InChI is InChI=1S/C25H32N2O2/c1-3-27(2)18-20-8-6-7-19(15-20)17-26-25(29)14-13-24(28)23-12-11-21-9-4-5-10-22(21)16-23/h6-8,11-12,15-16H,3-5,9-10,13-14,17-18H2,1-2H3,(H,26,29). The summed E-state index contributed by atoms with van der Waals surface area (Å²) < 4.78 is 0. The van der Waals surface area contributed by atoms with Crippen LogP contribution in [0.1, 0.15) is 65.2 Å². The lowest BCUT2D eigenvalue weighted by Gasteiger charge is -2.16. The molecule has 0 saturated carbocycles. The van der Waals surface area contributed by atoms with Crippen LogP contribution in [0.4, 0.5) is 0 Å². The van der Waals surface area contributed by atoms with E-state index in [1.165, 1.54) is 29.5 Å². The molecule has 0 bridgehead atoms. The van der Waals surface area contributed by atoms with Crippen molar-refractivity contribution < 1.29 is 9.59 Å². The molecule has 0 radical (unpaired) electrons. The van der Waals surface area contributed by atoms with Gasteiger partial charge in [0.15, 0.2) is 5.78 Å². The Morgan fingerprint density at radius 2 is 1.72 bits per heavy atom. The fraction of sp³-hybridized carbons (Fsp3) is 0.440. The highest BCUT2D eigenvalue weighted by Gasteiger charge is 2.14. The number of ketones is 1. The SMILES string of the molecule is CCN(C)Cc1cccc(CNC(=O)CCC(=O)c2ccc3c(c2)CCCC3)c1. The molecule has 1 amide bonds. The first-order valence-electron chi connectivity index (χ1n) is 10.7. The van der Waals surface area contributed by atoms with Crippen LogP contribution in [-0.4, -0.2) is 30.2 Å². The maximum Gasteiger partial charge on any atom is 0.220 e. The minimum absolute atomic E-state index is 0.0538. The second-order valence-electron chi connectivity index (χ2n) is 8.04. The predicted octanol–water partition coefficient (Wildman–Crippen LogP) is 4.30. The second kappa shape index (κ2) is 10.4. The molecule has 2 aromatic rings. The molecule has 2 aromatic carbocycles. The van der Waals surface area contributed by atoms with Gasteiger partial charge in [-0.3, -0.25) is 9.59 Å². The van der Waals surface area contributed by atoms with Crippen LogP contribution in [0.5, 0.6) is 0 Å². The quantitative estimate of drug-likeness (QED) is 0.648. The summed E-state index contributed by atoms with van der Waals surface area (Å²) in [5.41, 5.74) is 5.74. The highest BCUT2D eigenvalue weighted by Crippen LogP contribution is 2.23. The molecule has 0 fully saturated rings. The average Bonchev–Trinajstić information content (AvgIpc) is 2.75. The van der Waals surface area contributed by atoms with Gasteiger partial charge in [0.05, 0.1) is 0 Å². The number of carbonyl (C=O) groups is 2. The van der Waals surface area contributed by atoms with Crippen LogP contribution >= 0.6 is 0 Å². The van der Waals surface area contributed by atoms with E-state index < -0.39 is 0 Å². The number of nitrogens with one attached hydrogen (secondary N) is 1. The first-order valence-corrected chi connectivity index (χ1v) is 10.7. The molecule has 0 spiro atoms. The third-order valence-electron chi connectivity index (χ3n) is 5.72. The number of benzene rings is 2. The van der Waals surface area contributed by atoms with E-state index in [1.54, 1.807) is 0 Å². The van der Waals surface area contributed by atoms with Crippen molar-refractivity contribution in [2.45, 2.75) is 58.5 Å². The van der Waals surface area contributed by atoms with Crippen molar-refractivity contribution in [1.82, 2.24) is 10.2 Å². The molecule has 0 saturated heterocycles. The lowest BCUT2D eigenvalue weighted by Crippen LogP contribution is -2.23. The maximum absolute atomic E-state index is 12.5. The number of Topliss-reactive ketones (excluding diaryl/α,β-unsaturated/α-hetero) is 1. The van der Waals surface area contributed by atoms with Crippen molar-refractivity contribution >= 4 is 11.7 Å². The number of hydrogen-bond donors (Lipinski definition) is 1. The molecule has 1 aliphatic carbocycles. The molecule has 0 atom stereocenters. The van der Waals surface area contributed by atoms with Gasteiger partial charge >= 0.3 is 0 Å². The van der Waals surface area contributed by atoms with Gasteiger partial charge in [-0.25, -0.2) is 0 Å². The molecule has 29 heavy (non-hydrogen) atoms. The Kier molecular flexibility index (Phi) is 7.59. The van der Waals surface area contributed by atoms with Crippen molar-refractivity contribution in [3.8, 4) is 0 Å². The normalized spacial score (nSPS) is 13.2. The van der Waals surface area contributed by atoms with Gasteiger partial charge in [-0.1, -0.05) is 43.3 Å². The predicted molar refractivity (Wildman–Crippen MR) is 117 cm³/mol. The van der Waals surface area contributed by atoms with Crippen molar-refractivity contribution in [3.63, 3.8) is 0 Å². The fourth-order valence-electron chi connectivity index (χ4n) is 3.83. The van der Waals surface area contributed by atoms with Gasteiger partial charge in [0, 0.05) is 31.5 Å². The Hall–Kier alpha value is -2.46. The summed E-state index contributed by atoms with van der Waals surface area (Å²) in [7, 11) is 2.09. The maximum atomic E-state index is 12.5. The Balaban J connectivity index is 1.46. The Labute approximate surface area is 174 Å². The molecule has 3 rings (SSSR count). The van der Waals surface area contributed by atoms with Crippen molar-refractivity contribution in [1.29, 1.82) is 0 Å². The number of rotatable bonds is 9. The van der Waals surface area contributed by atoms with E-state index in [-0.39, 0.29) is 24.5 Å². The minimum Gasteiger partial charge on any atom is -0.352 e. The van der Waals surface area contributed by atoms with Gasteiger partial charge in [-0.2, -0.15) is 0 Å². The number of aryl methyl sites for hydroxylation is 2. The third kappa shape index (κ3) is 6.26. The van der Waals surface area contributed by atoms with Crippen LogP contribution in [0.3, 0.4) is 0 Å². The zero-order chi connectivity index (χ0) is 20.6. The Morgan fingerprint density at radius 1 is 0.966 bits per heavy atom. The Bertz CT molecular complexity index is 860. The summed E-state index contributed by atoms with van der Waals surface area (Å²) in [4.78, 5) is 27.0. The first-order chi connectivity index (χ1) is 14.0. The molecular formula is C25H32N2O2. The van der Waals surface area contributed by atoms with E-state index in [4.69, 9.17) is 0 Å². The smallest absolute Gasteiger partial charge is 0.220 e. The molecular weight excluding hydrogens is 360 g/mol. The molecule has 1 aliphatic rings. The monoisotopic (exact) mass is 392 g/mol. The third-order valence-corrected chi connectivity index (χ3v) is 5.72. The number of nitrogens with zero attached hydrogens (tertiary/aromatic N) is 1. The number of carbonyl (C=O) groups excluding carboxylic acids is 2.